The highest BCUT2D eigenvalue weighted by Gasteiger charge is 2.12. The van der Waals surface area contributed by atoms with Crippen LogP contribution in [-0.2, 0) is 0 Å². The fourth-order valence-electron chi connectivity index (χ4n) is 2.19. The number of benzene rings is 2. The lowest BCUT2D eigenvalue weighted by Crippen LogP contribution is -2.13. The van der Waals surface area contributed by atoms with Crippen LogP contribution in [0.4, 0.5) is 5.69 Å². The molecule has 1 amide bonds. The Morgan fingerprint density at radius 3 is 2.77 bits per heavy atom. The summed E-state index contributed by atoms with van der Waals surface area (Å²) in [5.41, 5.74) is 1.25. The van der Waals surface area contributed by atoms with E-state index in [-0.39, 0.29) is 11.3 Å². The van der Waals surface area contributed by atoms with Gasteiger partial charge in [0.1, 0.15) is 11.3 Å². The Hall–Kier alpha value is -3.08. The van der Waals surface area contributed by atoms with E-state index in [9.17, 15) is 9.59 Å². The third-order valence-electron chi connectivity index (χ3n) is 3.27. The second-order valence-electron chi connectivity index (χ2n) is 4.65. The maximum absolute atomic E-state index is 12.3. The van der Waals surface area contributed by atoms with Crippen molar-refractivity contribution < 1.29 is 13.9 Å². The van der Waals surface area contributed by atoms with Gasteiger partial charge in [0.15, 0.2) is 5.43 Å². The average Bonchev–Trinajstić information content (AvgIpc) is 2.55. The highest BCUT2D eigenvalue weighted by atomic mass is 16.5. The number of fused-ring (bicyclic) bond motifs is 1. The van der Waals surface area contributed by atoms with Crippen molar-refractivity contribution in [3.8, 4) is 5.75 Å². The van der Waals surface area contributed by atoms with E-state index in [4.69, 9.17) is 9.15 Å². The summed E-state index contributed by atoms with van der Waals surface area (Å²) < 4.78 is 10.4. The van der Waals surface area contributed by atoms with Gasteiger partial charge in [-0.1, -0.05) is 12.1 Å². The van der Waals surface area contributed by atoms with Gasteiger partial charge in [-0.05, 0) is 30.3 Å². The monoisotopic (exact) mass is 295 g/mol. The standard InChI is InChI=1S/C17H13NO4/c1-21-15-5-3-2-4-12(15)17(20)18-11-6-7-16-13(10-11)14(19)8-9-22-16/h2-10H,1H3,(H,18,20). The van der Waals surface area contributed by atoms with Crippen LogP contribution in [0.3, 0.4) is 0 Å². The summed E-state index contributed by atoms with van der Waals surface area (Å²) in [5, 5.41) is 3.17. The first-order chi connectivity index (χ1) is 10.7. The first-order valence-electron chi connectivity index (χ1n) is 6.65. The molecule has 2 aromatic carbocycles. The van der Waals surface area contributed by atoms with Gasteiger partial charge in [0.25, 0.3) is 5.91 Å². The molecule has 110 valence electrons. The summed E-state index contributed by atoms with van der Waals surface area (Å²) >= 11 is 0. The molecule has 1 N–H and O–H groups in total. The number of anilines is 1. The Morgan fingerprint density at radius 2 is 1.95 bits per heavy atom. The van der Waals surface area contributed by atoms with Crippen molar-refractivity contribution >= 4 is 22.6 Å². The van der Waals surface area contributed by atoms with Crippen LogP contribution in [-0.4, -0.2) is 13.0 Å². The van der Waals surface area contributed by atoms with Gasteiger partial charge in [0, 0.05) is 11.8 Å². The van der Waals surface area contributed by atoms with Gasteiger partial charge in [-0.15, -0.1) is 0 Å². The molecule has 3 rings (SSSR count). The molecule has 0 bridgehead atoms. The molecule has 0 saturated heterocycles. The van der Waals surface area contributed by atoms with Crippen molar-refractivity contribution in [2.75, 3.05) is 12.4 Å². The molecule has 0 spiro atoms. The fraction of sp³-hybridized carbons (Fsp3) is 0.0588. The van der Waals surface area contributed by atoms with Crippen LogP contribution >= 0.6 is 0 Å². The zero-order valence-electron chi connectivity index (χ0n) is 11.8. The normalized spacial score (nSPS) is 10.4. The van der Waals surface area contributed by atoms with Gasteiger partial charge in [0.05, 0.1) is 24.3 Å². The minimum absolute atomic E-state index is 0.158. The van der Waals surface area contributed by atoms with E-state index in [2.05, 4.69) is 5.32 Å². The summed E-state index contributed by atoms with van der Waals surface area (Å²) in [5.74, 6) is 0.178. The van der Waals surface area contributed by atoms with E-state index in [1.54, 1.807) is 42.5 Å². The van der Waals surface area contributed by atoms with Crippen molar-refractivity contribution in [1.29, 1.82) is 0 Å². The van der Waals surface area contributed by atoms with E-state index < -0.39 is 0 Å². The molecular formula is C17H13NO4. The number of para-hydroxylation sites is 1. The second kappa shape index (κ2) is 5.73. The number of carbonyl (C=O) groups is 1. The maximum atomic E-state index is 12.3. The molecule has 0 atom stereocenters. The van der Waals surface area contributed by atoms with Crippen LogP contribution in [0.25, 0.3) is 11.0 Å². The molecular weight excluding hydrogens is 282 g/mol. The number of methoxy groups -OCH3 is 1. The number of hydrogen-bond donors (Lipinski definition) is 1. The molecule has 0 aliphatic rings. The summed E-state index contributed by atoms with van der Waals surface area (Å²) in [7, 11) is 1.51. The number of ether oxygens (including phenoxy) is 1. The average molecular weight is 295 g/mol. The number of amides is 1. The minimum Gasteiger partial charge on any atom is -0.496 e. The largest absolute Gasteiger partial charge is 0.496 e. The number of carbonyl (C=O) groups excluding carboxylic acids is 1. The maximum Gasteiger partial charge on any atom is 0.259 e. The van der Waals surface area contributed by atoms with Gasteiger partial charge >= 0.3 is 0 Å². The van der Waals surface area contributed by atoms with Crippen molar-refractivity contribution in [1.82, 2.24) is 0 Å². The molecule has 0 radical (unpaired) electrons. The lowest BCUT2D eigenvalue weighted by molar-refractivity contribution is 0.102. The number of rotatable bonds is 3. The summed E-state index contributed by atoms with van der Waals surface area (Å²) in [6.07, 6.45) is 1.34. The topological polar surface area (TPSA) is 68.5 Å². The zero-order chi connectivity index (χ0) is 15.5. The Balaban J connectivity index is 1.94. The highest BCUT2D eigenvalue weighted by molar-refractivity contribution is 6.06. The van der Waals surface area contributed by atoms with E-state index in [0.29, 0.717) is 28.0 Å². The van der Waals surface area contributed by atoms with Crippen LogP contribution in [0.5, 0.6) is 5.75 Å². The lowest BCUT2D eigenvalue weighted by Gasteiger charge is -2.09. The molecule has 5 heteroatoms. The second-order valence-corrected chi connectivity index (χ2v) is 4.65. The number of hydrogen-bond acceptors (Lipinski definition) is 4. The van der Waals surface area contributed by atoms with Crippen LogP contribution in [0.2, 0.25) is 0 Å². The summed E-state index contributed by atoms with van der Waals surface area (Å²) in [6, 6.07) is 13.2. The first-order valence-corrected chi connectivity index (χ1v) is 6.65. The third kappa shape index (κ3) is 2.56. The van der Waals surface area contributed by atoms with E-state index in [1.807, 2.05) is 0 Å². The Kier molecular flexibility index (Phi) is 3.62. The van der Waals surface area contributed by atoms with E-state index in [1.165, 1.54) is 19.4 Å². The SMILES string of the molecule is COc1ccccc1C(=O)Nc1ccc2occc(=O)c2c1. The first kappa shape index (κ1) is 13.9. The molecule has 0 aliphatic carbocycles. The van der Waals surface area contributed by atoms with Crippen LogP contribution in [0, 0.1) is 0 Å². The summed E-state index contributed by atoms with van der Waals surface area (Å²) in [6.45, 7) is 0. The van der Waals surface area contributed by atoms with Crippen LogP contribution in [0.15, 0.2) is 64.0 Å². The highest BCUT2D eigenvalue weighted by Crippen LogP contribution is 2.21. The van der Waals surface area contributed by atoms with Crippen molar-refractivity contribution in [2.24, 2.45) is 0 Å². The van der Waals surface area contributed by atoms with E-state index >= 15 is 0 Å². The van der Waals surface area contributed by atoms with E-state index in [0.717, 1.165) is 0 Å². The molecule has 0 aliphatic heterocycles. The summed E-state index contributed by atoms with van der Waals surface area (Å²) in [4.78, 5) is 24.1. The van der Waals surface area contributed by atoms with Crippen molar-refractivity contribution in [3.63, 3.8) is 0 Å². The van der Waals surface area contributed by atoms with Gasteiger partial charge in [0.2, 0.25) is 0 Å². The van der Waals surface area contributed by atoms with Gasteiger partial charge in [-0.3, -0.25) is 9.59 Å². The Bertz CT molecular complexity index is 898. The molecule has 1 aromatic heterocycles. The van der Waals surface area contributed by atoms with Crippen molar-refractivity contribution in [3.05, 3.63) is 70.6 Å². The molecule has 0 saturated carbocycles. The van der Waals surface area contributed by atoms with Crippen LogP contribution in [0.1, 0.15) is 10.4 Å². The molecule has 0 fully saturated rings. The van der Waals surface area contributed by atoms with Gasteiger partial charge in [-0.2, -0.15) is 0 Å². The molecule has 3 aromatic rings. The smallest absolute Gasteiger partial charge is 0.259 e. The Morgan fingerprint density at radius 1 is 1.14 bits per heavy atom. The number of nitrogens with one attached hydrogen (secondary N) is 1. The zero-order valence-corrected chi connectivity index (χ0v) is 11.8. The molecule has 22 heavy (non-hydrogen) atoms. The van der Waals surface area contributed by atoms with Crippen molar-refractivity contribution in [2.45, 2.75) is 0 Å². The third-order valence-corrected chi connectivity index (χ3v) is 3.27. The Labute approximate surface area is 126 Å². The quantitative estimate of drug-likeness (QED) is 0.806. The molecule has 0 unspecified atom stereocenters. The molecule has 5 nitrogen and oxygen atoms in total. The predicted molar refractivity (Wildman–Crippen MR) is 83.4 cm³/mol. The lowest BCUT2D eigenvalue weighted by atomic mass is 10.1. The minimum atomic E-state index is -0.308. The van der Waals surface area contributed by atoms with Crippen LogP contribution < -0.4 is 15.5 Å². The van der Waals surface area contributed by atoms with Gasteiger partial charge < -0.3 is 14.5 Å². The molecule has 1 heterocycles. The van der Waals surface area contributed by atoms with Gasteiger partial charge in [-0.25, -0.2) is 0 Å². The fourth-order valence-corrected chi connectivity index (χ4v) is 2.19. The predicted octanol–water partition coefficient (Wildman–Crippen LogP) is 3.05.